The van der Waals surface area contributed by atoms with E-state index in [1.165, 1.54) is 12.3 Å². The molecule has 0 saturated carbocycles. The minimum atomic E-state index is -4.52. The van der Waals surface area contributed by atoms with E-state index in [2.05, 4.69) is 10.3 Å². The zero-order chi connectivity index (χ0) is 21.5. The van der Waals surface area contributed by atoms with E-state index in [4.69, 9.17) is 4.42 Å². The van der Waals surface area contributed by atoms with Gasteiger partial charge in [0.05, 0.1) is 40.9 Å². The topological polar surface area (TPSA) is 94.2 Å². The van der Waals surface area contributed by atoms with Gasteiger partial charge in [0, 0.05) is 6.42 Å². The van der Waals surface area contributed by atoms with E-state index in [1.54, 1.807) is 16.7 Å². The molecule has 0 aliphatic carbocycles. The molecule has 1 aliphatic rings. The van der Waals surface area contributed by atoms with E-state index in [-0.39, 0.29) is 41.9 Å². The number of anilines is 1. The van der Waals surface area contributed by atoms with Crippen molar-refractivity contribution in [1.29, 1.82) is 0 Å². The molecular formula is C19H18F3N3O4S. The number of imidazole rings is 1. The molecule has 0 spiro atoms. The van der Waals surface area contributed by atoms with Gasteiger partial charge in [0.25, 0.3) is 0 Å². The molecule has 30 heavy (non-hydrogen) atoms. The molecule has 1 unspecified atom stereocenters. The SMILES string of the molecule is O=C(CC1CCS(=O)(=O)C1)Nc1nc2cc(C(F)(F)F)ccc2n1Cc1ccco1. The Hall–Kier alpha value is -2.82. The zero-order valence-corrected chi connectivity index (χ0v) is 16.5. The molecule has 3 heterocycles. The predicted molar refractivity (Wildman–Crippen MR) is 103 cm³/mol. The third kappa shape index (κ3) is 4.35. The van der Waals surface area contributed by atoms with Gasteiger partial charge in [0.2, 0.25) is 11.9 Å². The number of alkyl halides is 3. The summed E-state index contributed by atoms with van der Waals surface area (Å²) < 4.78 is 69.2. The molecule has 11 heteroatoms. The number of benzene rings is 1. The highest BCUT2D eigenvalue weighted by molar-refractivity contribution is 7.91. The normalized spacial score (nSPS) is 18.7. The van der Waals surface area contributed by atoms with E-state index in [0.717, 1.165) is 12.1 Å². The maximum Gasteiger partial charge on any atom is 0.416 e. The van der Waals surface area contributed by atoms with Gasteiger partial charge in [-0.1, -0.05) is 0 Å². The fourth-order valence-corrected chi connectivity index (χ4v) is 5.45. The number of furan rings is 1. The van der Waals surface area contributed by atoms with Crippen molar-refractivity contribution in [3.05, 3.63) is 47.9 Å². The van der Waals surface area contributed by atoms with Crippen LogP contribution in [-0.2, 0) is 27.4 Å². The van der Waals surface area contributed by atoms with Gasteiger partial charge in [-0.3, -0.25) is 10.1 Å². The summed E-state index contributed by atoms with van der Waals surface area (Å²) in [5.41, 5.74) is -0.361. The Morgan fingerprint density at radius 1 is 1.30 bits per heavy atom. The molecule has 1 N–H and O–H groups in total. The lowest BCUT2D eigenvalue weighted by atomic mass is 10.1. The minimum Gasteiger partial charge on any atom is -0.467 e. The van der Waals surface area contributed by atoms with Crippen molar-refractivity contribution in [3.8, 4) is 0 Å². The number of sulfone groups is 1. The van der Waals surface area contributed by atoms with Crippen molar-refractivity contribution in [2.24, 2.45) is 5.92 Å². The smallest absolute Gasteiger partial charge is 0.416 e. The summed E-state index contributed by atoms with van der Waals surface area (Å²) in [6.45, 7) is 0.155. The Bertz CT molecular complexity index is 1180. The second kappa shape index (κ2) is 7.46. The van der Waals surface area contributed by atoms with Crippen LogP contribution in [0.3, 0.4) is 0 Å². The van der Waals surface area contributed by atoms with Crippen LogP contribution in [0.4, 0.5) is 19.1 Å². The summed E-state index contributed by atoms with van der Waals surface area (Å²) in [6.07, 6.45) is -2.64. The summed E-state index contributed by atoms with van der Waals surface area (Å²) in [5.74, 6) is -0.0996. The van der Waals surface area contributed by atoms with Crippen molar-refractivity contribution in [3.63, 3.8) is 0 Å². The molecule has 7 nitrogen and oxygen atoms in total. The Balaban J connectivity index is 1.63. The molecule has 1 saturated heterocycles. The second-order valence-electron chi connectivity index (χ2n) is 7.32. The quantitative estimate of drug-likeness (QED) is 0.655. The van der Waals surface area contributed by atoms with Crippen LogP contribution in [0, 0.1) is 5.92 Å². The van der Waals surface area contributed by atoms with E-state index in [0.29, 0.717) is 17.7 Å². The number of fused-ring (bicyclic) bond motifs is 1. The molecule has 1 amide bonds. The van der Waals surface area contributed by atoms with Crippen LogP contribution >= 0.6 is 0 Å². The first-order valence-electron chi connectivity index (χ1n) is 9.21. The highest BCUT2D eigenvalue weighted by Crippen LogP contribution is 2.32. The number of nitrogens with one attached hydrogen (secondary N) is 1. The molecule has 1 fully saturated rings. The van der Waals surface area contributed by atoms with Gasteiger partial charge in [0.15, 0.2) is 9.84 Å². The van der Waals surface area contributed by atoms with Gasteiger partial charge >= 0.3 is 6.18 Å². The van der Waals surface area contributed by atoms with Crippen molar-refractivity contribution in [2.75, 3.05) is 16.8 Å². The van der Waals surface area contributed by atoms with Crippen LogP contribution in [0.5, 0.6) is 0 Å². The molecule has 160 valence electrons. The molecule has 1 aromatic carbocycles. The highest BCUT2D eigenvalue weighted by Gasteiger charge is 2.32. The molecule has 1 atom stereocenters. The Morgan fingerprint density at radius 3 is 2.73 bits per heavy atom. The first-order chi connectivity index (χ1) is 14.1. The third-order valence-corrected chi connectivity index (χ3v) is 6.86. The average molecular weight is 441 g/mol. The standard InChI is InChI=1S/C19H18F3N3O4S/c20-19(21,22)13-3-4-16-15(9-13)23-18(25(16)10-14-2-1-6-29-14)24-17(26)8-12-5-7-30(27,28)11-12/h1-4,6,9,12H,5,7-8,10-11H2,(H,23,24,26). The van der Waals surface area contributed by atoms with Crippen LogP contribution in [0.25, 0.3) is 11.0 Å². The number of nitrogens with zero attached hydrogens (tertiary/aromatic N) is 2. The minimum absolute atomic E-state index is 0.00299. The average Bonchev–Trinajstić information content (AvgIpc) is 3.35. The van der Waals surface area contributed by atoms with Gasteiger partial charge in [-0.15, -0.1) is 0 Å². The maximum absolute atomic E-state index is 13.1. The third-order valence-electron chi connectivity index (χ3n) is 5.02. The summed E-state index contributed by atoms with van der Waals surface area (Å²) in [5, 5.41) is 2.62. The van der Waals surface area contributed by atoms with Gasteiger partial charge in [-0.2, -0.15) is 13.2 Å². The fourth-order valence-electron chi connectivity index (χ4n) is 3.59. The number of hydrogen-bond donors (Lipinski definition) is 1. The van der Waals surface area contributed by atoms with Crippen LogP contribution in [0.2, 0.25) is 0 Å². The molecular weight excluding hydrogens is 423 g/mol. The number of rotatable bonds is 5. The monoisotopic (exact) mass is 441 g/mol. The van der Waals surface area contributed by atoms with Crippen molar-refractivity contribution in [1.82, 2.24) is 9.55 Å². The van der Waals surface area contributed by atoms with Gasteiger partial charge in [-0.05, 0) is 42.7 Å². The second-order valence-corrected chi connectivity index (χ2v) is 9.55. The number of aromatic nitrogens is 2. The Labute approximate surface area is 169 Å². The lowest BCUT2D eigenvalue weighted by molar-refractivity contribution is -0.137. The zero-order valence-electron chi connectivity index (χ0n) is 15.6. The van der Waals surface area contributed by atoms with Gasteiger partial charge < -0.3 is 8.98 Å². The van der Waals surface area contributed by atoms with Crippen LogP contribution in [-0.4, -0.2) is 35.4 Å². The highest BCUT2D eigenvalue weighted by atomic mass is 32.2. The number of carbonyl (C=O) groups is 1. The maximum atomic E-state index is 13.1. The lowest BCUT2D eigenvalue weighted by Crippen LogP contribution is -2.20. The fraction of sp³-hybridized carbons (Fsp3) is 0.368. The summed E-state index contributed by atoms with van der Waals surface area (Å²) in [4.78, 5) is 16.7. The summed E-state index contributed by atoms with van der Waals surface area (Å²) in [7, 11) is -3.12. The Morgan fingerprint density at radius 2 is 2.10 bits per heavy atom. The molecule has 1 aliphatic heterocycles. The van der Waals surface area contributed by atoms with Crippen LogP contribution in [0.15, 0.2) is 41.0 Å². The van der Waals surface area contributed by atoms with E-state index >= 15 is 0 Å². The van der Waals surface area contributed by atoms with E-state index in [1.807, 2.05) is 0 Å². The first-order valence-corrected chi connectivity index (χ1v) is 11.0. The van der Waals surface area contributed by atoms with Crippen molar-refractivity contribution in [2.45, 2.75) is 25.6 Å². The number of amides is 1. The van der Waals surface area contributed by atoms with Gasteiger partial charge in [0.1, 0.15) is 5.76 Å². The van der Waals surface area contributed by atoms with E-state index < -0.39 is 27.5 Å². The number of hydrogen-bond acceptors (Lipinski definition) is 5. The molecule has 0 radical (unpaired) electrons. The first kappa shape index (κ1) is 20.5. The summed E-state index contributed by atoms with van der Waals surface area (Å²) >= 11 is 0. The number of carbonyl (C=O) groups excluding carboxylic acids is 1. The largest absolute Gasteiger partial charge is 0.467 e. The van der Waals surface area contributed by atoms with Gasteiger partial charge in [-0.25, -0.2) is 13.4 Å². The molecule has 0 bridgehead atoms. The van der Waals surface area contributed by atoms with Crippen molar-refractivity contribution >= 4 is 32.7 Å². The molecule has 4 rings (SSSR count). The molecule has 3 aromatic rings. The van der Waals surface area contributed by atoms with Crippen molar-refractivity contribution < 1.29 is 30.8 Å². The van der Waals surface area contributed by atoms with Crippen LogP contribution in [0.1, 0.15) is 24.2 Å². The summed E-state index contributed by atoms with van der Waals surface area (Å²) in [6, 6.07) is 6.55. The number of halogens is 3. The Kier molecular flexibility index (Phi) is 5.08. The lowest BCUT2D eigenvalue weighted by Gasteiger charge is -2.11. The van der Waals surface area contributed by atoms with Crippen LogP contribution < -0.4 is 5.32 Å². The van der Waals surface area contributed by atoms with E-state index in [9.17, 15) is 26.4 Å². The molecule has 2 aromatic heterocycles. The predicted octanol–water partition coefficient (Wildman–Crippen LogP) is 3.46.